The smallest absolute Gasteiger partial charge is 0.226 e. The third-order valence-electron chi connectivity index (χ3n) is 3.07. The summed E-state index contributed by atoms with van der Waals surface area (Å²) in [5.74, 6) is -0.277. The van der Waals surface area contributed by atoms with Crippen molar-refractivity contribution in [1.82, 2.24) is 4.90 Å². The van der Waals surface area contributed by atoms with Gasteiger partial charge in [0.15, 0.2) is 0 Å². The lowest BCUT2D eigenvalue weighted by Crippen LogP contribution is -2.28. The summed E-state index contributed by atoms with van der Waals surface area (Å²) in [6.07, 6.45) is 0.748. The quantitative estimate of drug-likeness (QED) is 0.747. The van der Waals surface area contributed by atoms with Gasteiger partial charge >= 0.3 is 0 Å². The Hall–Kier alpha value is -1.89. The third kappa shape index (κ3) is 2.44. The lowest BCUT2D eigenvalue weighted by atomic mass is 10.1. The molecule has 0 aliphatic heterocycles. The zero-order valence-corrected chi connectivity index (χ0v) is 9.56. The highest BCUT2D eigenvalue weighted by molar-refractivity contribution is 5.83. The molecule has 0 spiro atoms. The third-order valence-corrected chi connectivity index (χ3v) is 3.07. The molecule has 1 aliphatic rings. The summed E-state index contributed by atoms with van der Waals surface area (Å²) in [6, 6.07) is 8.30. The molecule has 1 aromatic rings. The fraction of sp³-hybridized carbons (Fsp3) is 0.385. The Morgan fingerprint density at radius 3 is 3.06 bits per heavy atom. The minimum atomic E-state index is -0.272. The van der Waals surface area contributed by atoms with Crippen molar-refractivity contribution >= 4 is 5.91 Å². The molecule has 88 valence electrons. The van der Waals surface area contributed by atoms with Crippen molar-refractivity contribution in [2.75, 3.05) is 13.6 Å². The van der Waals surface area contributed by atoms with Crippen molar-refractivity contribution in [1.29, 1.82) is 5.26 Å². The van der Waals surface area contributed by atoms with Crippen LogP contribution in [0.1, 0.15) is 17.9 Å². The highest BCUT2D eigenvalue weighted by Crippen LogP contribution is 2.48. The molecule has 1 saturated carbocycles. The van der Waals surface area contributed by atoms with E-state index in [-0.39, 0.29) is 30.1 Å². The van der Waals surface area contributed by atoms with Crippen LogP contribution in [0.2, 0.25) is 0 Å². The maximum Gasteiger partial charge on any atom is 0.226 e. The molecule has 1 fully saturated rings. The number of carbonyl (C=O) groups excluding carboxylic acids is 1. The van der Waals surface area contributed by atoms with Crippen molar-refractivity contribution in [2.24, 2.45) is 5.92 Å². The summed E-state index contributed by atoms with van der Waals surface area (Å²) in [7, 11) is 1.62. The van der Waals surface area contributed by atoms with E-state index in [9.17, 15) is 9.18 Å². The molecule has 0 heterocycles. The molecule has 0 aromatic heterocycles. The predicted molar refractivity (Wildman–Crippen MR) is 60.5 cm³/mol. The molecule has 0 bridgehead atoms. The molecule has 2 rings (SSSR count). The zero-order chi connectivity index (χ0) is 12.4. The van der Waals surface area contributed by atoms with Crippen LogP contribution in [-0.4, -0.2) is 24.4 Å². The molecule has 0 saturated heterocycles. The number of nitrogens with zero attached hydrogens (tertiary/aromatic N) is 2. The average molecular weight is 232 g/mol. The van der Waals surface area contributed by atoms with E-state index >= 15 is 0 Å². The average Bonchev–Trinajstić information content (AvgIpc) is 3.08. The maximum absolute atomic E-state index is 13.0. The van der Waals surface area contributed by atoms with Crippen molar-refractivity contribution in [2.45, 2.75) is 12.3 Å². The van der Waals surface area contributed by atoms with Gasteiger partial charge in [0.2, 0.25) is 5.91 Å². The minimum absolute atomic E-state index is 0.0270. The number of halogens is 1. The molecule has 0 unspecified atom stereocenters. The van der Waals surface area contributed by atoms with Crippen LogP contribution in [-0.2, 0) is 4.79 Å². The largest absolute Gasteiger partial charge is 0.332 e. The van der Waals surface area contributed by atoms with Crippen LogP contribution < -0.4 is 0 Å². The van der Waals surface area contributed by atoms with Gasteiger partial charge in [0.1, 0.15) is 12.4 Å². The molecule has 0 radical (unpaired) electrons. The fourth-order valence-electron chi connectivity index (χ4n) is 2.04. The molecular weight excluding hydrogens is 219 g/mol. The summed E-state index contributed by atoms with van der Waals surface area (Å²) in [5, 5.41) is 8.51. The zero-order valence-electron chi connectivity index (χ0n) is 9.56. The van der Waals surface area contributed by atoms with E-state index in [0.29, 0.717) is 0 Å². The van der Waals surface area contributed by atoms with Crippen LogP contribution in [0.15, 0.2) is 24.3 Å². The molecule has 4 heteroatoms. The van der Waals surface area contributed by atoms with Gasteiger partial charge in [-0.15, -0.1) is 0 Å². The van der Waals surface area contributed by atoms with Gasteiger partial charge in [-0.2, -0.15) is 5.26 Å². The Labute approximate surface area is 99.5 Å². The minimum Gasteiger partial charge on any atom is -0.332 e. The highest BCUT2D eigenvalue weighted by atomic mass is 19.1. The van der Waals surface area contributed by atoms with Gasteiger partial charge in [-0.25, -0.2) is 4.39 Å². The van der Waals surface area contributed by atoms with Crippen molar-refractivity contribution in [3.63, 3.8) is 0 Å². The SMILES string of the molecule is CN(CC#N)C(=O)[C@@H]1C[C@@H]1c1cccc(F)c1. The Morgan fingerprint density at radius 2 is 2.41 bits per heavy atom. The number of benzene rings is 1. The molecular formula is C13H13FN2O. The Morgan fingerprint density at radius 1 is 1.65 bits per heavy atom. The summed E-state index contributed by atoms with van der Waals surface area (Å²) in [6.45, 7) is 0.102. The number of hydrogen-bond donors (Lipinski definition) is 0. The number of rotatable bonds is 3. The molecule has 1 aromatic carbocycles. The van der Waals surface area contributed by atoms with Crippen LogP contribution in [0.5, 0.6) is 0 Å². The fourth-order valence-corrected chi connectivity index (χ4v) is 2.04. The van der Waals surface area contributed by atoms with Crippen LogP contribution in [0.4, 0.5) is 4.39 Å². The van der Waals surface area contributed by atoms with Crippen LogP contribution in [0, 0.1) is 23.1 Å². The normalized spacial score (nSPS) is 21.7. The number of amides is 1. The number of hydrogen-bond acceptors (Lipinski definition) is 2. The Bertz CT molecular complexity index is 481. The second-order valence-electron chi connectivity index (χ2n) is 4.36. The van der Waals surface area contributed by atoms with Gasteiger partial charge in [0, 0.05) is 13.0 Å². The second-order valence-corrected chi connectivity index (χ2v) is 4.36. The summed E-state index contributed by atoms with van der Waals surface area (Å²) in [4.78, 5) is 13.3. The van der Waals surface area contributed by atoms with Crippen LogP contribution in [0.3, 0.4) is 0 Å². The van der Waals surface area contributed by atoms with Crippen LogP contribution >= 0.6 is 0 Å². The van der Waals surface area contributed by atoms with Gasteiger partial charge < -0.3 is 4.90 Å². The first kappa shape index (κ1) is 11.6. The number of nitriles is 1. The molecule has 17 heavy (non-hydrogen) atoms. The molecule has 1 aliphatic carbocycles. The summed E-state index contributed by atoms with van der Waals surface area (Å²) >= 11 is 0. The first-order valence-corrected chi connectivity index (χ1v) is 5.51. The van der Waals surface area contributed by atoms with E-state index in [4.69, 9.17) is 5.26 Å². The van der Waals surface area contributed by atoms with E-state index in [1.165, 1.54) is 17.0 Å². The Balaban J connectivity index is 2.01. The number of carbonyl (C=O) groups is 1. The molecule has 0 N–H and O–H groups in total. The molecule has 1 amide bonds. The van der Waals surface area contributed by atoms with E-state index in [1.807, 2.05) is 12.1 Å². The lowest BCUT2D eigenvalue weighted by Gasteiger charge is -2.12. The van der Waals surface area contributed by atoms with Gasteiger partial charge in [0.05, 0.1) is 6.07 Å². The van der Waals surface area contributed by atoms with Crippen molar-refractivity contribution < 1.29 is 9.18 Å². The first-order valence-electron chi connectivity index (χ1n) is 5.51. The summed E-state index contributed by atoms with van der Waals surface area (Å²) < 4.78 is 13.0. The van der Waals surface area contributed by atoms with Crippen molar-refractivity contribution in [3.05, 3.63) is 35.6 Å². The standard InChI is InChI=1S/C13H13FN2O/c1-16(6-5-15)13(17)12-8-11(12)9-3-2-4-10(14)7-9/h2-4,7,11-12H,6,8H2,1H3/t11-,12-/m1/s1. The topological polar surface area (TPSA) is 44.1 Å². The lowest BCUT2D eigenvalue weighted by molar-refractivity contribution is -0.130. The summed E-state index contributed by atoms with van der Waals surface area (Å²) in [5.41, 5.74) is 0.869. The highest BCUT2D eigenvalue weighted by Gasteiger charge is 2.45. The van der Waals surface area contributed by atoms with E-state index < -0.39 is 0 Å². The monoisotopic (exact) mass is 232 g/mol. The van der Waals surface area contributed by atoms with Crippen LogP contribution in [0.25, 0.3) is 0 Å². The second kappa shape index (κ2) is 4.54. The van der Waals surface area contributed by atoms with Crippen molar-refractivity contribution in [3.8, 4) is 6.07 Å². The van der Waals surface area contributed by atoms with Gasteiger partial charge in [-0.05, 0) is 30.0 Å². The van der Waals surface area contributed by atoms with Gasteiger partial charge in [0.25, 0.3) is 0 Å². The van der Waals surface area contributed by atoms with E-state index in [0.717, 1.165) is 12.0 Å². The van der Waals surface area contributed by atoms with Gasteiger partial charge in [-0.3, -0.25) is 4.79 Å². The predicted octanol–water partition coefficient (Wildman–Crippen LogP) is 1.91. The molecule has 3 nitrogen and oxygen atoms in total. The van der Waals surface area contributed by atoms with E-state index in [2.05, 4.69) is 0 Å². The maximum atomic E-state index is 13.0. The van der Waals surface area contributed by atoms with Gasteiger partial charge in [-0.1, -0.05) is 12.1 Å². The first-order chi connectivity index (χ1) is 8.13. The molecule has 2 atom stereocenters. The Kier molecular flexibility index (Phi) is 3.10. The van der Waals surface area contributed by atoms with E-state index in [1.54, 1.807) is 13.1 Å².